The van der Waals surface area contributed by atoms with Gasteiger partial charge < -0.3 is 10.1 Å². The predicted molar refractivity (Wildman–Crippen MR) is 88.5 cm³/mol. The first-order valence-electron chi connectivity index (χ1n) is 7.50. The van der Waals surface area contributed by atoms with Gasteiger partial charge >= 0.3 is 0 Å². The highest BCUT2D eigenvalue weighted by Crippen LogP contribution is 2.38. The first-order chi connectivity index (χ1) is 8.89. The summed E-state index contributed by atoms with van der Waals surface area (Å²) >= 11 is 4.11. The van der Waals surface area contributed by atoms with Gasteiger partial charge in [0, 0.05) is 34.9 Å². The molecule has 0 bridgehead atoms. The van der Waals surface area contributed by atoms with E-state index in [1.165, 1.54) is 36.5 Å². The van der Waals surface area contributed by atoms with Crippen LogP contribution in [0.4, 0.5) is 0 Å². The SMILES string of the molecule is C[C@H](CSC(C)(C)C)N[C@@H]1CCO[C@@]2(CCSC2)C1. The lowest BCUT2D eigenvalue weighted by Gasteiger charge is -2.39. The lowest BCUT2D eigenvalue weighted by atomic mass is 9.89. The molecule has 2 fully saturated rings. The van der Waals surface area contributed by atoms with Gasteiger partial charge in [-0.05, 0) is 31.9 Å². The molecule has 4 heteroatoms. The third kappa shape index (κ3) is 5.14. The van der Waals surface area contributed by atoms with E-state index in [4.69, 9.17) is 4.74 Å². The van der Waals surface area contributed by atoms with Gasteiger partial charge in [0.25, 0.3) is 0 Å². The highest BCUT2D eigenvalue weighted by Gasteiger charge is 2.40. The Labute approximate surface area is 127 Å². The maximum Gasteiger partial charge on any atom is 0.0795 e. The second-order valence-electron chi connectivity index (χ2n) is 7.01. The van der Waals surface area contributed by atoms with E-state index in [0.717, 1.165) is 6.61 Å². The zero-order chi connectivity index (χ0) is 13.9. The van der Waals surface area contributed by atoms with E-state index >= 15 is 0 Å². The second-order valence-corrected chi connectivity index (χ2v) is 9.97. The van der Waals surface area contributed by atoms with Gasteiger partial charge in [-0.15, -0.1) is 0 Å². The monoisotopic (exact) mass is 303 g/mol. The Morgan fingerprint density at radius 1 is 1.47 bits per heavy atom. The summed E-state index contributed by atoms with van der Waals surface area (Å²) in [5, 5.41) is 3.83. The van der Waals surface area contributed by atoms with Gasteiger partial charge in [-0.2, -0.15) is 23.5 Å². The third-order valence-corrected chi connectivity index (χ3v) is 6.60. The summed E-state index contributed by atoms with van der Waals surface area (Å²) in [7, 11) is 0. The molecule has 2 rings (SSSR count). The number of ether oxygens (including phenoxy) is 1. The maximum absolute atomic E-state index is 6.09. The van der Waals surface area contributed by atoms with Crippen LogP contribution in [0.15, 0.2) is 0 Å². The smallest absolute Gasteiger partial charge is 0.0795 e. The minimum Gasteiger partial charge on any atom is -0.374 e. The van der Waals surface area contributed by atoms with Crippen LogP contribution in [0, 0.1) is 0 Å². The molecule has 0 aromatic carbocycles. The molecule has 1 spiro atoms. The number of rotatable bonds is 4. The van der Waals surface area contributed by atoms with Crippen molar-refractivity contribution in [2.45, 2.75) is 69.4 Å². The Morgan fingerprint density at radius 2 is 2.26 bits per heavy atom. The van der Waals surface area contributed by atoms with E-state index in [1.807, 2.05) is 0 Å². The van der Waals surface area contributed by atoms with Crippen LogP contribution in [0.3, 0.4) is 0 Å². The van der Waals surface area contributed by atoms with Gasteiger partial charge in [-0.3, -0.25) is 0 Å². The van der Waals surface area contributed by atoms with Gasteiger partial charge in [0.1, 0.15) is 0 Å². The van der Waals surface area contributed by atoms with Crippen molar-refractivity contribution in [3.63, 3.8) is 0 Å². The van der Waals surface area contributed by atoms with Crippen LogP contribution in [0.25, 0.3) is 0 Å². The Morgan fingerprint density at radius 3 is 2.89 bits per heavy atom. The van der Waals surface area contributed by atoms with Crippen molar-refractivity contribution in [1.29, 1.82) is 0 Å². The normalized spacial score (nSPS) is 33.8. The maximum atomic E-state index is 6.09. The van der Waals surface area contributed by atoms with Gasteiger partial charge in [-0.25, -0.2) is 0 Å². The molecule has 19 heavy (non-hydrogen) atoms. The second kappa shape index (κ2) is 6.59. The van der Waals surface area contributed by atoms with Crippen LogP contribution in [0.1, 0.15) is 47.0 Å². The van der Waals surface area contributed by atoms with Crippen molar-refractivity contribution in [1.82, 2.24) is 5.32 Å². The molecule has 0 saturated carbocycles. The molecule has 1 N–H and O–H groups in total. The number of hydrogen-bond acceptors (Lipinski definition) is 4. The Bertz CT molecular complexity index is 284. The van der Waals surface area contributed by atoms with E-state index in [0.29, 0.717) is 16.8 Å². The summed E-state index contributed by atoms with van der Waals surface area (Å²) < 4.78 is 6.46. The van der Waals surface area contributed by atoms with Crippen LogP contribution in [0.5, 0.6) is 0 Å². The predicted octanol–water partition coefficient (Wildman–Crippen LogP) is 3.55. The van der Waals surface area contributed by atoms with Gasteiger partial charge in [-0.1, -0.05) is 20.8 Å². The van der Waals surface area contributed by atoms with Crippen molar-refractivity contribution in [2.24, 2.45) is 0 Å². The molecule has 3 atom stereocenters. The van der Waals surface area contributed by atoms with E-state index < -0.39 is 0 Å². The summed E-state index contributed by atoms with van der Waals surface area (Å²) in [6.45, 7) is 10.2. The van der Waals surface area contributed by atoms with Crippen molar-refractivity contribution >= 4 is 23.5 Å². The molecule has 2 aliphatic rings. The summed E-state index contributed by atoms with van der Waals surface area (Å²) in [4.78, 5) is 0. The zero-order valence-electron chi connectivity index (χ0n) is 12.8. The Hall–Kier alpha value is 0.620. The molecule has 2 heterocycles. The van der Waals surface area contributed by atoms with Crippen molar-refractivity contribution in [2.75, 3.05) is 23.9 Å². The Balaban J connectivity index is 1.75. The quantitative estimate of drug-likeness (QED) is 0.857. The topological polar surface area (TPSA) is 21.3 Å². The molecule has 2 saturated heterocycles. The molecule has 0 aliphatic carbocycles. The first kappa shape index (κ1) is 16.0. The first-order valence-corrected chi connectivity index (χ1v) is 9.64. The number of nitrogens with one attached hydrogen (secondary N) is 1. The van der Waals surface area contributed by atoms with E-state index in [9.17, 15) is 0 Å². The highest BCUT2D eigenvalue weighted by molar-refractivity contribution is 8.00. The van der Waals surface area contributed by atoms with E-state index in [2.05, 4.69) is 56.5 Å². The van der Waals surface area contributed by atoms with Crippen molar-refractivity contribution in [3.05, 3.63) is 0 Å². The van der Waals surface area contributed by atoms with Crippen molar-refractivity contribution in [3.8, 4) is 0 Å². The highest BCUT2D eigenvalue weighted by atomic mass is 32.2. The van der Waals surface area contributed by atoms with Crippen LogP contribution in [0.2, 0.25) is 0 Å². The third-order valence-electron chi connectivity index (χ3n) is 3.85. The van der Waals surface area contributed by atoms with Gasteiger partial charge in [0.15, 0.2) is 0 Å². The van der Waals surface area contributed by atoms with E-state index in [-0.39, 0.29) is 5.60 Å². The number of hydrogen-bond donors (Lipinski definition) is 1. The summed E-state index contributed by atoms with van der Waals surface area (Å²) in [6, 6.07) is 1.25. The summed E-state index contributed by atoms with van der Waals surface area (Å²) in [5.74, 6) is 3.68. The molecular formula is C15H29NOS2. The molecule has 0 amide bonds. The molecule has 2 aliphatic heterocycles. The average molecular weight is 304 g/mol. The minimum absolute atomic E-state index is 0.206. The lowest BCUT2D eigenvalue weighted by molar-refractivity contribution is -0.0708. The Kier molecular flexibility index (Phi) is 5.55. The molecular weight excluding hydrogens is 274 g/mol. The van der Waals surface area contributed by atoms with Crippen LogP contribution in [-0.2, 0) is 4.74 Å². The summed E-state index contributed by atoms with van der Waals surface area (Å²) in [6.07, 6.45) is 3.64. The zero-order valence-corrected chi connectivity index (χ0v) is 14.5. The fourth-order valence-corrected chi connectivity index (χ4v) is 5.08. The average Bonchev–Trinajstić information content (AvgIpc) is 2.74. The molecule has 2 nitrogen and oxygen atoms in total. The van der Waals surface area contributed by atoms with Gasteiger partial charge in [0.05, 0.1) is 5.60 Å². The largest absolute Gasteiger partial charge is 0.374 e. The van der Waals surface area contributed by atoms with Crippen LogP contribution in [-0.4, -0.2) is 46.3 Å². The van der Waals surface area contributed by atoms with Crippen molar-refractivity contribution < 1.29 is 4.74 Å². The fraction of sp³-hybridized carbons (Fsp3) is 1.00. The van der Waals surface area contributed by atoms with Gasteiger partial charge in [0.2, 0.25) is 0 Å². The minimum atomic E-state index is 0.206. The lowest BCUT2D eigenvalue weighted by Crippen LogP contribution is -2.49. The fourth-order valence-electron chi connectivity index (χ4n) is 2.86. The van der Waals surface area contributed by atoms with Crippen LogP contribution >= 0.6 is 23.5 Å². The molecule has 112 valence electrons. The standard InChI is InChI=1S/C15H29NOS2/c1-12(10-19-14(2,3)4)16-13-5-7-17-15(9-13)6-8-18-11-15/h12-13,16H,5-11H2,1-4H3/t12-,13-,15+/m1/s1. The van der Waals surface area contributed by atoms with Crippen LogP contribution < -0.4 is 5.32 Å². The molecule has 0 aromatic rings. The molecule has 0 radical (unpaired) electrons. The molecule has 0 aromatic heterocycles. The summed E-state index contributed by atoms with van der Waals surface area (Å²) in [5.41, 5.74) is 0.206. The van der Waals surface area contributed by atoms with E-state index in [1.54, 1.807) is 0 Å². The molecule has 0 unspecified atom stereocenters. The number of thioether (sulfide) groups is 2.